The maximum absolute atomic E-state index is 12.9. The summed E-state index contributed by atoms with van der Waals surface area (Å²) in [4.78, 5) is 22.1. The molecule has 0 spiro atoms. The van der Waals surface area contributed by atoms with Crippen molar-refractivity contribution in [3.05, 3.63) is 71.4 Å². The van der Waals surface area contributed by atoms with Gasteiger partial charge in [-0.05, 0) is 54.7 Å². The van der Waals surface area contributed by atoms with Crippen molar-refractivity contribution in [2.75, 3.05) is 5.32 Å². The highest BCUT2D eigenvalue weighted by molar-refractivity contribution is 5.76. The molecule has 1 aliphatic carbocycles. The summed E-state index contributed by atoms with van der Waals surface area (Å²) in [7, 11) is 0. The van der Waals surface area contributed by atoms with E-state index in [9.17, 15) is 4.79 Å². The van der Waals surface area contributed by atoms with Crippen LogP contribution in [0.4, 0.5) is 11.6 Å². The highest BCUT2D eigenvalue weighted by atomic mass is 16.1. The molecule has 0 amide bonds. The Morgan fingerprint density at radius 1 is 1.06 bits per heavy atom. The van der Waals surface area contributed by atoms with Crippen LogP contribution in [0.2, 0.25) is 0 Å². The molecule has 1 fully saturated rings. The molecule has 1 N–H and O–H groups in total. The van der Waals surface area contributed by atoms with Crippen LogP contribution in [0, 0.1) is 11.8 Å². The molecule has 4 aromatic rings. The van der Waals surface area contributed by atoms with E-state index in [1.165, 1.54) is 6.42 Å². The zero-order valence-corrected chi connectivity index (χ0v) is 17.8. The highest BCUT2D eigenvalue weighted by Crippen LogP contribution is 2.38. The summed E-state index contributed by atoms with van der Waals surface area (Å²) in [5.74, 6) is 1.50. The molecule has 1 saturated carbocycles. The fourth-order valence-corrected chi connectivity index (χ4v) is 4.59. The van der Waals surface area contributed by atoms with Crippen molar-refractivity contribution in [2.45, 2.75) is 39.2 Å². The van der Waals surface area contributed by atoms with Gasteiger partial charge >= 0.3 is 0 Å². The molecule has 0 radical (unpaired) electrons. The van der Waals surface area contributed by atoms with Crippen LogP contribution in [0.3, 0.4) is 0 Å². The van der Waals surface area contributed by atoms with Gasteiger partial charge in [-0.3, -0.25) is 9.36 Å². The Morgan fingerprint density at radius 2 is 1.90 bits per heavy atom. The quantitative estimate of drug-likeness (QED) is 0.523. The van der Waals surface area contributed by atoms with Crippen LogP contribution in [0.25, 0.3) is 16.7 Å². The molecule has 1 aromatic carbocycles. The second-order valence-corrected chi connectivity index (χ2v) is 8.47. The topological polar surface area (TPSA) is 77.6 Å². The van der Waals surface area contributed by atoms with E-state index in [-0.39, 0.29) is 11.6 Å². The summed E-state index contributed by atoms with van der Waals surface area (Å²) in [5, 5.41) is 8.40. The van der Waals surface area contributed by atoms with Gasteiger partial charge in [-0.1, -0.05) is 26.7 Å². The molecule has 7 nitrogen and oxygen atoms in total. The second kappa shape index (κ2) is 7.98. The Balaban J connectivity index is 1.49. The van der Waals surface area contributed by atoms with Gasteiger partial charge in [0.05, 0.1) is 5.69 Å². The lowest BCUT2D eigenvalue weighted by Crippen LogP contribution is -2.34. The van der Waals surface area contributed by atoms with Crippen molar-refractivity contribution in [1.29, 1.82) is 0 Å². The standard InChI is InChI=1S/C24H26N6O/c1-16-5-3-6-21(17(16)2)30-22(31)12-7-18-15-25-24(28-23(18)30)27-19-8-10-20(11-9-19)29-14-4-13-26-29/h4,7-17,21H,3,5-6H2,1-2H3,(H,25,27,28). The molecule has 158 valence electrons. The van der Waals surface area contributed by atoms with Crippen LogP contribution >= 0.6 is 0 Å². The van der Waals surface area contributed by atoms with Crippen molar-refractivity contribution >= 4 is 22.7 Å². The van der Waals surface area contributed by atoms with Crippen molar-refractivity contribution in [1.82, 2.24) is 24.3 Å². The van der Waals surface area contributed by atoms with Crippen LogP contribution in [0.5, 0.6) is 0 Å². The van der Waals surface area contributed by atoms with Crippen LogP contribution < -0.4 is 10.9 Å². The summed E-state index contributed by atoms with van der Waals surface area (Å²) < 4.78 is 3.70. The number of aromatic nitrogens is 5. The summed E-state index contributed by atoms with van der Waals surface area (Å²) in [5.41, 5.74) is 2.56. The predicted octanol–water partition coefficient (Wildman–Crippen LogP) is 4.72. The average Bonchev–Trinajstić information content (AvgIpc) is 3.32. The van der Waals surface area contributed by atoms with Crippen molar-refractivity contribution < 1.29 is 0 Å². The van der Waals surface area contributed by atoms with E-state index in [4.69, 9.17) is 4.98 Å². The summed E-state index contributed by atoms with van der Waals surface area (Å²) in [6, 6.07) is 13.4. The van der Waals surface area contributed by atoms with E-state index >= 15 is 0 Å². The molecule has 3 heterocycles. The third-order valence-electron chi connectivity index (χ3n) is 6.55. The number of hydrogen-bond acceptors (Lipinski definition) is 5. The van der Waals surface area contributed by atoms with Gasteiger partial charge in [0, 0.05) is 41.8 Å². The fraction of sp³-hybridized carbons (Fsp3) is 0.333. The number of rotatable bonds is 4. The van der Waals surface area contributed by atoms with Crippen LogP contribution in [0.15, 0.2) is 65.8 Å². The number of nitrogens with zero attached hydrogens (tertiary/aromatic N) is 5. The Morgan fingerprint density at radius 3 is 2.68 bits per heavy atom. The third kappa shape index (κ3) is 3.71. The van der Waals surface area contributed by atoms with Crippen LogP contribution in [-0.2, 0) is 0 Å². The third-order valence-corrected chi connectivity index (χ3v) is 6.55. The molecule has 5 rings (SSSR count). The predicted molar refractivity (Wildman–Crippen MR) is 122 cm³/mol. The molecule has 0 bridgehead atoms. The Labute approximate surface area is 180 Å². The molecule has 7 heteroatoms. The van der Waals surface area contributed by atoms with E-state index in [1.807, 2.05) is 47.2 Å². The number of fused-ring (bicyclic) bond motifs is 1. The van der Waals surface area contributed by atoms with Gasteiger partial charge in [0.15, 0.2) is 0 Å². The SMILES string of the molecule is CC1CCCC(n2c(=O)ccc3cnc(Nc4ccc(-n5cccn5)cc4)nc32)C1C. The average molecular weight is 415 g/mol. The molecular formula is C24H26N6O. The highest BCUT2D eigenvalue weighted by Gasteiger charge is 2.30. The minimum atomic E-state index is 0.00618. The van der Waals surface area contributed by atoms with E-state index in [0.717, 1.165) is 29.6 Å². The minimum absolute atomic E-state index is 0.00618. The number of benzene rings is 1. The van der Waals surface area contributed by atoms with Gasteiger partial charge in [0.1, 0.15) is 5.65 Å². The monoisotopic (exact) mass is 414 g/mol. The van der Waals surface area contributed by atoms with Gasteiger partial charge in [-0.2, -0.15) is 10.1 Å². The molecule has 3 unspecified atom stereocenters. The van der Waals surface area contributed by atoms with Gasteiger partial charge in [-0.25, -0.2) is 9.67 Å². The number of anilines is 2. The first-order valence-electron chi connectivity index (χ1n) is 10.9. The van der Waals surface area contributed by atoms with E-state index in [0.29, 0.717) is 23.4 Å². The molecule has 3 aromatic heterocycles. The Hall–Kier alpha value is -3.48. The molecule has 1 aliphatic rings. The number of nitrogens with one attached hydrogen (secondary N) is 1. The van der Waals surface area contributed by atoms with Gasteiger partial charge in [0.2, 0.25) is 5.95 Å². The van der Waals surface area contributed by atoms with Gasteiger partial charge in [0.25, 0.3) is 5.56 Å². The molecule has 3 atom stereocenters. The zero-order chi connectivity index (χ0) is 21.4. The van der Waals surface area contributed by atoms with E-state index in [2.05, 4.69) is 29.2 Å². The molecular weight excluding hydrogens is 388 g/mol. The Kier molecular flexibility index (Phi) is 5.02. The first-order chi connectivity index (χ1) is 15.1. The van der Waals surface area contributed by atoms with Crippen molar-refractivity contribution in [3.63, 3.8) is 0 Å². The van der Waals surface area contributed by atoms with Gasteiger partial charge < -0.3 is 5.32 Å². The van der Waals surface area contributed by atoms with Crippen molar-refractivity contribution in [2.24, 2.45) is 11.8 Å². The Bertz CT molecular complexity index is 1250. The zero-order valence-electron chi connectivity index (χ0n) is 17.8. The first kappa shape index (κ1) is 19.5. The van der Waals surface area contributed by atoms with Crippen molar-refractivity contribution in [3.8, 4) is 5.69 Å². The summed E-state index contributed by atoms with van der Waals surface area (Å²) in [6.07, 6.45) is 8.80. The number of pyridine rings is 1. The molecule has 31 heavy (non-hydrogen) atoms. The number of hydrogen-bond donors (Lipinski definition) is 1. The lowest BCUT2D eigenvalue weighted by atomic mass is 9.78. The van der Waals surface area contributed by atoms with Crippen LogP contribution in [0.1, 0.15) is 39.2 Å². The molecule has 0 aliphatic heterocycles. The molecule has 0 saturated heterocycles. The fourth-order valence-electron chi connectivity index (χ4n) is 4.59. The minimum Gasteiger partial charge on any atom is -0.324 e. The maximum atomic E-state index is 12.9. The smallest absolute Gasteiger partial charge is 0.252 e. The lowest BCUT2D eigenvalue weighted by molar-refractivity contribution is 0.186. The lowest BCUT2D eigenvalue weighted by Gasteiger charge is -2.35. The summed E-state index contributed by atoms with van der Waals surface area (Å²) in [6.45, 7) is 4.53. The van der Waals surface area contributed by atoms with E-state index in [1.54, 1.807) is 23.1 Å². The summed E-state index contributed by atoms with van der Waals surface area (Å²) >= 11 is 0. The van der Waals surface area contributed by atoms with Gasteiger partial charge in [-0.15, -0.1) is 0 Å². The largest absolute Gasteiger partial charge is 0.324 e. The second-order valence-electron chi connectivity index (χ2n) is 8.47. The normalized spacial score (nSPS) is 21.3. The first-order valence-corrected chi connectivity index (χ1v) is 10.9. The van der Waals surface area contributed by atoms with Crippen LogP contribution in [-0.4, -0.2) is 24.3 Å². The van der Waals surface area contributed by atoms with E-state index < -0.39 is 0 Å². The maximum Gasteiger partial charge on any atom is 0.252 e.